The molecule has 2 nitrogen and oxygen atoms in total. The van der Waals surface area contributed by atoms with Gasteiger partial charge in [0, 0.05) is 17.0 Å². The number of thioether (sulfide) groups is 1. The van der Waals surface area contributed by atoms with Crippen LogP contribution in [-0.2, 0) is 5.75 Å². The number of halogens is 2. The van der Waals surface area contributed by atoms with Gasteiger partial charge in [-0.15, -0.1) is 11.8 Å². The molecule has 0 unspecified atom stereocenters. The van der Waals surface area contributed by atoms with Crippen molar-refractivity contribution in [2.45, 2.75) is 10.6 Å². The van der Waals surface area contributed by atoms with Gasteiger partial charge in [-0.05, 0) is 17.7 Å². The van der Waals surface area contributed by atoms with Crippen LogP contribution in [0.4, 0.5) is 5.69 Å². The fourth-order valence-electron chi connectivity index (χ4n) is 1.33. The highest BCUT2D eigenvalue weighted by Gasteiger charge is 2.06. The van der Waals surface area contributed by atoms with Crippen LogP contribution in [0.25, 0.3) is 0 Å². The van der Waals surface area contributed by atoms with Gasteiger partial charge in [-0.3, -0.25) is 4.98 Å². The Kier molecular flexibility index (Phi) is 4.15. The molecule has 0 aliphatic heterocycles. The van der Waals surface area contributed by atoms with Gasteiger partial charge in [0.15, 0.2) is 0 Å². The molecule has 88 valence electrons. The molecule has 1 aromatic carbocycles. The lowest BCUT2D eigenvalue weighted by atomic mass is 10.2. The van der Waals surface area contributed by atoms with Crippen molar-refractivity contribution in [1.82, 2.24) is 4.98 Å². The molecule has 17 heavy (non-hydrogen) atoms. The van der Waals surface area contributed by atoms with Gasteiger partial charge in [0.1, 0.15) is 0 Å². The minimum Gasteiger partial charge on any atom is -0.397 e. The van der Waals surface area contributed by atoms with Crippen molar-refractivity contribution >= 4 is 40.7 Å². The Labute approximate surface area is 114 Å². The van der Waals surface area contributed by atoms with Crippen molar-refractivity contribution < 1.29 is 0 Å². The van der Waals surface area contributed by atoms with Crippen molar-refractivity contribution in [2.24, 2.45) is 0 Å². The van der Waals surface area contributed by atoms with Gasteiger partial charge < -0.3 is 5.73 Å². The van der Waals surface area contributed by atoms with Crippen molar-refractivity contribution in [3.63, 3.8) is 0 Å². The summed E-state index contributed by atoms with van der Waals surface area (Å²) < 4.78 is 0. The summed E-state index contributed by atoms with van der Waals surface area (Å²) in [5.41, 5.74) is 7.60. The summed E-state index contributed by atoms with van der Waals surface area (Å²) in [4.78, 5) is 4.80. The standard InChI is InChI=1S/C12H10Cl2N2S/c13-9-3-1-8(2-4-9)7-17-12-10(14)5-16-6-11(12)15/h1-6H,7,15H2. The third-order valence-corrected chi connectivity index (χ3v) is 4.05. The number of benzene rings is 1. The van der Waals surface area contributed by atoms with E-state index in [2.05, 4.69) is 4.98 Å². The Hall–Kier alpha value is -0.900. The topological polar surface area (TPSA) is 38.9 Å². The van der Waals surface area contributed by atoms with Gasteiger partial charge in [-0.2, -0.15) is 0 Å². The first-order chi connectivity index (χ1) is 8.16. The summed E-state index contributed by atoms with van der Waals surface area (Å²) in [6.07, 6.45) is 3.21. The molecule has 1 heterocycles. The molecule has 0 aliphatic carbocycles. The Morgan fingerprint density at radius 3 is 2.47 bits per heavy atom. The SMILES string of the molecule is Nc1cncc(Cl)c1SCc1ccc(Cl)cc1. The molecule has 0 fully saturated rings. The maximum Gasteiger partial charge on any atom is 0.0746 e. The van der Waals surface area contributed by atoms with E-state index in [-0.39, 0.29) is 0 Å². The Morgan fingerprint density at radius 2 is 1.82 bits per heavy atom. The van der Waals surface area contributed by atoms with E-state index >= 15 is 0 Å². The number of hydrogen-bond donors (Lipinski definition) is 1. The third kappa shape index (κ3) is 3.28. The molecule has 2 N–H and O–H groups in total. The maximum absolute atomic E-state index is 6.04. The Bertz CT molecular complexity index is 494. The van der Waals surface area contributed by atoms with Crippen LogP contribution >= 0.6 is 35.0 Å². The highest BCUT2D eigenvalue weighted by molar-refractivity contribution is 7.98. The molecule has 0 amide bonds. The van der Waals surface area contributed by atoms with Crippen molar-refractivity contribution in [3.8, 4) is 0 Å². The molecular formula is C12H10Cl2N2S. The first-order valence-electron chi connectivity index (χ1n) is 4.93. The number of pyridine rings is 1. The predicted molar refractivity (Wildman–Crippen MR) is 74.7 cm³/mol. The molecule has 2 rings (SSSR count). The average Bonchev–Trinajstić information content (AvgIpc) is 2.31. The zero-order chi connectivity index (χ0) is 12.3. The van der Waals surface area contributed by atoms with E-state index in [1.54, 1.807) is 24.2 Å². The number of aromatic nitrogens is 1. The minimum absolute atomic E-state index is 0.587. The van der Waals surface area contributed by atoms with Gasteiger partial charge in [-0.25, -0.2) is 0 Å². The Balaban J connectivity index is 2.10. The van der Waals surface area contributed by atoms with Gasteiger partial charge in [-0.1, -0.05) is 35.3 Å². The molecule has 0 bridgehead atoms. The summed E-state index contributed by atoms with van der Waals surface area (Å²) in [5.74, 6) is 0.797. The van der Waals surface area contributed by atoms with E-state index in [4.69, 9.17) is 28.9 Å². The van der Waals surface area contributed by atoms with E-state index in [1.165, 1.54) is 5.56 Å². The molecular weight excluding hydrogens is 275 g/mol. The zero-order valence-electron chi connectivity index (χ0n) is 8.86. The summed E-state index contributed by atoms with van der Waals surface area (Å²) >= 11 is 13.5. The van der Waals surface area contributed by atoms with E-state index in [9.17, 15) is 0 Å². The van der Waals surface area contributed by atoms with Crippen molar-refractivity contribution in [2.75, 3.05) is 5.73 Å². The maximum atomic E-state index is 6.04. The number of nitrogens with zero attached hydrogens (tertiary/aromatic N) is 1. The minimum atomic E-state index is 0.587. The van der Waals surface area contributed by atoms with E-state index in [1.807, 2.05) is 24.3 Å². The predicted octanol–water partition coefficient (Wildman–Crippen LogP) is 4.26. The second-order valence-corrected chi connectivity index (χ2v) is 5.28. The van der Waals surface area contributed by atoms with Crippen molar-refractivity contribution in [1.29, 1.82) is 0 Å². The van der Waals surface area contributed by atoms with Gasteiger partial charge >= 0.3 is 0 Å². The lowest BCUT2D eigenvalue weighted by Crippen LogP contribution is -1.91. The van der Waals surface area contributed by atoms with Crippen LogP contribution in [-0.4, -0.2) is 4.98 Å². The number of hydrogen-bond acceptors (Lipinski definition) is 3. The summed E-state index contributed by atoms with van der Waals surface area (Å²) in [6.45, 7) is 0. The summed E-state index contributed by atoms with van der Waals surface area (Å²) in [5, 5.41) is 1.32. The van der Waals surface area contributed by atoms with Crippen LogP contribution in [0.15, 0.2) is 41.6 Å². The second kappa shape index (κ2) is 5.63. The van der Waals surface area contributed by atoms with Gasteiger partial charge in [0.25, 0.3) is 0 Å². The third-order valence-electron chi connectivity index (χ3n) is 2.18. The van der Waals surface area contributed by atoms with Crippen molar-refractivity contribution in [3.05, 3.63) is 52.3 Å². The number of rotatable bonds is 3. The van der Waals surface area contributed by atoms with Crippen LogP contribution in [0.5, 0.6) is 0 Å². The van der Waals surface area contributed by atoms with E-state index in [0.717, 1.165) is 15.7 Å². The smallest absolute Gasteiger partial charge is 0.0746 e. The number of nitrogens with two attached hydrogens (primary N) is 1. The fraction of sp³-hybridized carbons (Fsp3) is 0.0833. The first kappa shape index (κ1) is 12.6. The average molecular weight is 285 g/mol. The van der Waals surface area contributed by atoms with E-state index < -0.39 is 0 Å². The largest absolute Gasteiger partial charge is 0.397 e. The molecule has 0 radical (unpaired) electrons. The van der Waals surface area contributed by atoms with Crippen LogP contribution in [0.2, 0.25) is 10.0 Å². The molecule has 5 heteroatoms. The van der Waals surface area contributed by atoms with Crippen LogP contribution in [0.3, 0.4) is 0 Å². The lowest BCUT2D eigenvalue weighted by Gasteiger charge is -2.06. The number of nitrogen functional groups attached to an aromatic ring is 1. The summed E-state index contributed by atoms with van der Waals surface area (Å²) in [6, 6.07) is 7.71. The monoisotopic (exact) mass is 284 g/mol. The van der Waals surface area contributed by atoms with Gasteiger partial charge in [0.05, 0.1) is 21.8 Å². The molecule has 0 spiro atoms. The van der Waals surface area contributed by atoms with Crippen LogP contribution < -0.4 is 5.73 Å². The molecule has 1 aromatic heterocycles. The molecule has 0 saturated heterocycles. The number of anilines is 1. The molecule has 0 aliphatic rings. The molecule has 0 saturated carbocycles. The first-order valence-corrected chi connectivity index (χ1v) is 6.67. The zero-order valence-corrected chi connectivity index (χ0v) is 11.2. The lowest BCUT2D eigenvalue weighted by molar-refractivity contribution is 1.26. The van der Waals surface area contributed by atoms with E-state index in [0.29, 0.717) is 10.7 Å². The second-order valence-electron chi connectivity index (χ2n) is 3.45. The molecule has 0 atom stereocenters. The van der Waals surface area contributed by atoms with Crippen LogP contribution in [0, 0.1) is 0 Å². The normalized spacial score (nSPS) is 10.5. The fourth-order valence-corrected chi connectivity index (χ4v) is 2.70. The summed E-state index contributed by atoms with van der Waals surface area (Å²) in [7, 11) is 0. The quantitative estimate of drug-likeness (QED) is 0.856. The van der Waals surface area contributed by atoms with Gasteiger partial charge in [0.2, 0.25) is 0 Å². The highest BCUT2D eigenvalue weighted by Crippen LogP contribution is 2.33. The van der Waals surface area contributed by atoms with Crippen LogP contribution in [0.1, 0.15) is 5.56 Å². The highest BCUT2D eigenvalue weighted by atomic mass is 35.5. The Morgan fingerprint density at radius 1 is 1.12 bits per heavy atom. The molecule has 2 aromatic rings.